The lowest BCUT2D eigenvalue weighted by atomic mass is 9.61. The number of hydrogen-bond acceptors (Lipinski definition) is 15. The highest BCUT2D eigenvalue weighted by Gasteiger charge is 2.49. The largest absolute Gasteiger partial charge is 0.393 e. The third-order valence-electron chi connectivity index (χ3n) is 11.5. The molecule has 0 bridgehead atoms. The fourth-order valence-electron chi connectivity index (χ4n) is 11.3. The smallest absolute Gasteiger partial charge is 0.338 e. The lowest BCUT2D eigenvalue weighted by molar-refractivity contribution is -0.155. The van der Waals surface area contributed by atoms with Gasteiger partial charge in [0.15, 0.2) is 0 Å². The number of cyclic esters (lactones) is 10. The zero-order valence-electron chi connectivity index (χ0n) is 45.8. The Kier molecular flexibility index (Phi) is 22.5. The van der Waals surface area contributed by atoms with Gasteiger partial charge in [0.25, 0.3) is 0 Å². The first-order chi connectivity index (χ1) is 31.9. The summed E-state index contributed by atoms with van der Waals surface area (Å²) in [5.74, 6) is -7.16. The van der Waals surface area contributed by atoms with Crippen molar-refractivity contribution < 1.29 is 71.6 Å². The number of rotatable bonds is 12. The minimum Gasteiger partial charge on any atom is -0.393 e. The standard InChI is InChI=1S/C20H28O6.C16H26O3.C12H24.2C4H2O3/c1-11(7-12-8-14(21)25-17(12)23)16(13-9-15(22)26-18(13)24)20(5,6)10-19(2,3)4;1-10(2)13(11-8-12(17)19-14(11)18)16(6,7)9-15(3,4)5;1-10(2)8-12(6,7)9-11(3,4)5;2*5-3-1-2-4(6)7-3/h12-13,16H,1,7-10H2,2-6H3;11,13H,1,8-9H2,2-7H3;8H,9H2,1-7H3;2*1-2H. The van der Waals surface area contributed by atoms with E-state index >= 15 is 0 Å². The van der Waals surface area contributed by atoms with Crippen molar-refractivity contribution in [2.45, 2.75) is 170 Å². The van der Waals surface area contributed by atoms with Gasteiger partial charge < -0.3 is 23.7 Å². The van der Waals surface area contributed by atoms with Crippen LogP contribution in [-0.2, 0) is 71.6 Å². The number of allylic oxidation sites excluding steroid dienone is 4. The maximum absolute atomic E-state index is 12.3. The quantitative estimate of drug-likeness (QED) is 0.0769. The van der Waals surface area contributed by atoms with Gasteiger partial charge in [0.05, 0.1) is 37.0 Å². The molecule has 15 heteroatoms. The van der Waals surface area contributed by atoms with Crippen molar-refractivity contribution in [1.29, 1.82) is 0 Å². The van der Waals surface area contributed by atoms with Gasteiger partial charge >= 0.3 is 59.7 Å². The topological polar surface area (TPSA) is 217 Å². The molecule has 71 heavy (non-hydrogen) atoms. The minimum atomic E-state index is -0.611. The van der Waals surface area contributed by atoms with E-state index in [1.54, 1.807) is 0 Å². The molecule has 0 aromatic carbocycles. The molecule has 5 rings (SSSR count). The van der Waals surface area contributed by atoms with E-state index in [4.69, 9.17) is 9.47 Å². The second-order valence-corrected chi connectivity index (χ2v) is 25.1. The molecule has 0 N–H and O–H groups in total. The molecule has 0 aromatic rings. The third kappa shape index (κ3) is 23.5. The van der Waals surface area contributed by atoms with Crippen molar-refractivity contribution in [1.82, 2.24) is 0 Å². The molecule has 15 nitrogen and oxygen atoms in total. The van der Waals surface area contributed by atoms with Gasteiger partial charge in [0.1, 0.15) is 0 Å². The van der Waals surface area contributed by atoms with Crippen LogP contribution in [0.2, 0.25) is 0 Å². The van der Waals surface area contributed by atoms with Crippen molar-refractivity contribution in [3.63, 3.8) is 0 Å². The van der Waals surface area contributed by atoms with Crippen LogP contribution in [0.25, 0.3) is 0 Å². The van der Waals surface area contributed by atoms with E-state index in [0.717, 1.165) is 42.7 Å². The van der Waals surface area contributed by atoms with E-state index in [1.165, 1.54) is 12.0 Å². The molecule has 5 unspecified atom stereocenters. The summed E-state index contributed by atoms with van der Waals surface area (Å²) < 4.78 is 22.0. The first kappa shape index (κ1) is 63.4. The van der Waals surface area contributed by atoms with Crippen LogP contribution >= 0.6 is 0 Å². The lowest BCUT2D eigenvalue weighted by Crippen LogP contribution is -2.37. The van der Waals surface area contributed by atoms with Gasteiger partial charge in [0, 0.05) is 24.3 Å². The summed E-state index contributed by atoms with van der Waals surface area (Å²) in [5, 5.41) is 0. The average Bonchev–Trinajstić information content (AvgIpc) is 3.93. The summed E-state index contributed by atoms with van der Waals surface area (Å²) >= 11 is 0. The van der Waals surface area contributed by atoms with Crippen LogP contribution in [0.5, 0.6) is 0 Å². The summed E-state index contributed by atoms with van der Waals surface area (Å²) in [6.45, 7) is 47.2. The third-order valence-corrected chi connectivity index (χ3v) is 11.5. The van der Waals surface area contributed by atoms with Gasteiger partial charge in [-0.3, -0.25) is 28.8 Å². The van der Waals surface area contributed by atoms with Crippen LogP contribution in [0.4, 0.5) is 0 Å². The first-order valence-corrected chi connectivity index (χ1v) is 24.0. The van der Waals surface area contributed by atoms with Gasteiger partial charge in [0.2, 0.25) is 0 Å². The summed E-state index contributed by atoms with van der Waals surface area (Å²) in [6, 6.07) is 0. The highest BCUT2D eigenvalue weighted by atomic mass is 16.6. The normalized spacial score (nSPS) is 20.9. The minimum absolute atomic E-state index is 0.00317. The number of carbonyl (C=O) groups is 10. The fourth-order valence-corrected chi connectivity index (χ4v) is 11.3. The Labute approximate surface area is 422 Å². The Balaban J connectivity index is 0.000000487. The Hall–Kier alpha value is -5.60. The SMILES string of the molecule is C=C(C)C(C1CC(=O)OC1=O)C(C)(C)CC(C)(C)C.C=C(CC1CC(=O)OC1=O)C(C1CC(=O)OC1=O)C(C)(C)CC(C)(C)C.CC(C)=CC(C)(C)CC(C)(C)C.O=C1C=CC(=O)O1.O=C1C=CC(=O)O1. The number of esters is 10. The monoisotopic (exact) mass is 995 g/mol. The van der Waals surface area contributed by atoms with Crippen LogP contribution < -0.4 is 0 Å². The maximum atomic E-state index is 12.3. The Morgan fingerprint density at radius 3 is 1.07 bits per heavy atom. The molecule has 3 saturated heterocycles. The molecule has 5 atom stereocenters. The maximum Gasteiger partial charge on any atom is 0.338 e. The van der Waals surface area contributed by atoms with Crippen molar-refractivity contribution in [2.24, 2.45) is 62.1 Å². The molecule has 0 amide bonds. The van der Waals surface area contributed by atoms with E-state index in [2.05, 4.69) is 137 Å². The number of carbonyl (C=O) groups excluding carboxylic acids is 10. The van der Waals surface area contributed by atoms with Crippen molar-refractivity contribution in [3.8, 4) is 0 Å². The molecule has 0 saturated carbocycles. The lowest BCUT2D eigenvalue weighted by Gasteiger charge is -2.42. The average molecular weight is 995 g/mol. The van der Waals surface area contributed by atoms with Crippen molar-refractivity contribution in [2.75, 3.05) is 0 Å². The number of hydrogen-bond donors (Lipinski definition) is 0. The molecule has 0 aromatic heterocycles. The Morgan fingerprint density at radius 2 is 0.817 bits per heavy atom. The summed E-state index contributed by atoms with van der Waals surface area (Å²) in [4.78, 5) is 110. The molecule has 5 aliphatic rings. The molecule has 0 aliphatic carbocycles. The van der Waals surface area contributed by atoms with E-state index in [9.17, 15) is 47.9 Å². The molecule has 0 radical (unpaired) electrons. The predicted octanol–water partition coefficient (Wildman–Crippen LogP) is 10.6. The Morgan fingerprint density at radius 1 is 0.493 bits per heavy atom. The molecular weight excluding hydrogens is 913 g/mol. The first-order valence-electron chi connectivity index (χ1n) is 24.0. The van der Waals surface area contributed by atoms with Crippen LogP contribution in [-0.4, -0.2) is 59.7 Å². The highest BCUT2D eigenvalue weighted by Crippen LogP contribution is 2.50. The van der Waals surface area contributed by atoms with E-state index in [0.29, 0.717) is 16.4 Å². The number of ether oxygens (including phenoxy) is 5. The van der Waals surface area contributed by atoms with Gasteiger partial charge in [-0.25, -0.2) is 19.2 Å². The molecule has 5 heterocycles. The molecule has 0 spiro atoms. The summed E-state index contributed by atoms with van der Waals surface area (Å²) in [7, 11) is 0. The van der Waals surface area contributed by atoms with E-state index in [1.807, 2.05) is 20.8 Å². The van der Waals surface area contributed by atoms with Crippen LogP contribution in [0.3, 0.4) is 0 Å². The summed E-state index contributed by atoms with van der Waals surface area (Å²) in [5.41, 5.74) is 3.53. The van der Waals surface area contributed by atoms with Gasteiger partial charge in [-0.05, 0) is 90.8 Å². The predicted molar refractivity (Wildman–Crippen MR) is 267 cm³/mol. The van der Waals surface area contributed by atoms with Crippen LogP contribution in [0, 0.1) is 62.1 Å². The molecule has 396 valence electrons. The zero-order chi connectivity index (χ0) is 55.4. The fraction of sp³-hybridized carbons (Fsp3) is 0.643. The zero-order valence-corrected chi connectivity index (χ0v) is 45.8. The van der Waals surface area contributed by atoms with Crippen molar-refractivity contribution in [3.05, 3.63) is 60.3 Å². The second-order valence-electron chi connectivity index (χ2n) is 25.1. The molecular formula is C56H82O15. The molecule has 5 aliphatic heterocycles. The van der Waals surface area contributed by atoms with Gasteiger partial charge in [-0.15, -0.1) is 0 Å². The van der Waals surface area contributed by atoms with Crippen molar-refractivity contribution >= 4 is 59.7 Å². The van der Waals surface area contributed by atoms with Crippen LogP contribution in [0.15, 0.2) is 60.3 Å². The second kappa shape index (κ2) is 25.2. The van der Waals surface area contributed by atoms with E-state index in [-0.39, 0.29) is 71.1 Å². The summed E-state index contributed by atoms with van der Waals surface area (Å²) in [6.07, 6.45) is 10.2. The van der Waals surface area contributed by atoms with Gasteiger partial charge in [-0.1, -0.05) is 140 Å². The van der Waals surface area contributed by atoms with Gasteiger partial charge in [-0.2, -0.15) is 0 Å². The highest BCUT2D eigenvalue weighted by molar-refractivity contribution is 6.05. The van der Waals surface area contributed by atoms with Crippen LogP contribution in [0.1, 0.15) is 170 Å². The Bertz CT molecular complexity index is 2100. The molecule has 3 fully saturated rings. The van der Waals surface area contributed by atoms with E-state index < -0.39 is 65.6 Å².